The van der Waals surface area contributed by atoms with E-state index in [2.05, 4.69) is 0 Å². The highest BCUT2D eigenvalue weighted by Gasteiger charge is 2.23. The predicted octanol–water partition coefficient (Wildman–Crippen LogP) is 1.44. The quantitative estimate of drug-likeness (QED) is 0.651. The number of aliphatic hydroxyl groups excluding tert-OH is 1. The molecule has 1 saturated heterocycles. The van der Waals surface area contributed by atoms with Crippen LogP contribution in [-0.2, 0) is 4.74 Å². The highest BCUT2D eigenvalue weighted by Crippen LogP contribution is 2.28. The van der Waals surface area contributed by atoms with Crippen molar-refractivity contribution in [3.63, 3.8) is 0 Å². The standard InChI is InChI=1S/C14H17N3O4/c15-9-11-8-12(17(19)20)3-4-14(11)16-5-1-2-13(10-16)21-7-6-18/h3-4,8,13,18H,1-2,5-7,10H2. The third kappa shape index (κ3) is 3.68. The van der Waals surface area contributed by atoms with E-state index in [0.717, 1.165) is 19.4 Å². The Balaban J connectivity index is 2.17. The summed E-state index contributed by atoms with van der Waals surface area (Å²) in [7, 11) is 0. The van der Waals surface area contributed by atoms with Crippen LogP contribution in [0, 0.1) is 21.4 Å². The number of piperidine rings is 1. The molecule has 1 heterocycles. The van der Waals surface area contributed by atoms with E-state index in [1.165, 1.54) is 12.1 Å². The van der Waals surface area contributed by atoms with Gasteiger partial charge >= 0.3 is 0 Å². The van der Waals surface area contributed by atoms with E-state index in [9.17, 15) is 15.4 Å². The van der Waals surface area contributed by atoms with Crippen molar-refractivity contribution < 1.29 is 14.8 Å². The molecule has 0 aromatic heterocycles. The molecule has 0 spiro atoms. The number of hydrogen-bond donors (Lipinski definition) is 1. The van der Waals surface area contributed by atoms with Gasteiger partial charge in [0, 0.05) is 25.2 Å². The minimum absolute atomic E-state index is 0.00707. The highest BCUT2D eigenvalue weighted by molar-refractivity contribution is 5.63. The van der Waals surface area contributed by atoms with Crippen LogP contribution in [0.2, 0.25) is 0 Å². The zero-order valence-corrected chi connectivity index (χ0v) is 11.6. The van der Waals surface area contributed by atoms with Gasteiger partial charge in [-0.05, 0) is 18.9 Å². The number of anilines is 1. The maximum absolute atomic E-state index is 10.8. The fourth-order valence-electron chi connectivity index (χ4n) is 2.52. The van der Waals surface area contributed by atoms with Crippen LogP contribution in [0.3, 0.4) is 0 Å². The lowest BCUT2D eigenvalue weighted by molar-refractivity contribution is -0.384. The summed E-state index contributed by atoms with van der Waals surface area (Å²) in [6.07, 6.45) is 1.83. The summed E-state index contributed by atoms with van der Waals surface area (Å²) in [5, 5.41) is 28.8. The molecule has 1 fully saturated rings. The van der Waals surface area contributed by atoms with Gasteiger partial charge in [0.15, 0.2) is 0 Å². The third-order valence-corrected chi connectivity index (χ3v) is 3.48. The second kappa shape index (κ2) is 7.02. The van der Waals surface area contributed by atoms with Gasteiger partial charge in [0.1, 0.15) is 6.07 Å². The van der Waals surface area contributed by atoms with Crippen molar-refractivity contribution in [2.24, 2.45) is 0 Å². The highest BCUT2D eigenvalue weighted by atomic mass is 16.6. The Bertz CT molecular complexity index is 556. The molecule has 1 N–H and O–H groups in total. The largest absolute Gasteiger partial charge is 0.394 e. The number of aliphatic hydroxyl groups is 1. The van der Waals surface area contributed by atoms with Crippen LogP contribution in [0.4, 0.5) is 11.4 Å². The molecule has 1 aliphatic heterocycles. The molecule has 0 saturated carbocycles. The number of ether oxygens (including phenoxy) is 1. The van der Waals surface area contributed by atoms with Crippen molar-refractivity contribution in [3.8, 4) is 6.07 Å². The number of nitro groups is 1. The van der Waals surface area contributed by atoms with Crippen molar-refractivity contribution in [2.75, 3.05) is 31.2 Å². The van der Waals surface area contributed by atoms with E-state index >= 15 is 0 Å². The molecular weight excluding hydrogens is 274 g/mol. The van der Waals surface area contributed by atoms with Crippen molar-refractivity contribution >= 4 is 11.4 Å². The Morgan fingerprint density at radius 1 is 1.57 bits per heavy atom. The molecule has 0 radical (unpaired) electrons. The molecule has 0 aliphatic carbocycles. The van der Waals surface area contributed by atoms with Gasteiger partial charge in [0.2, 0.25) is 0 Å². The van der Waals surface area contributed by atoms with Gasteiger partial charge in [-0.25, -0.2) is 0 Å². The van der Waals surface area contributed by atoms with Crippen LogP contribution in [0.5, 0.6) is 0 Å². The molecule has 2 rings (SSSR count). The minimum Gasteiger partial charge on any atom is -0.394 e. The Morgan fingerprint density at radius 3 is 3.05 bits per heavy atom. The van der Waals surface area contributed by atoms with Crippen LogP contribution in [-0.4, -0.2) is 42.4 Å². The summed E-state index contributed by atoms with van der Waals surface area (Å²) < 4.78 is 5.54. The first kappa shape index (κ1) is 15.2. The van der Waals surface area contributed by atoms with E-state index in [-0.39, 0.29) is 18.4 Å². The molecule has 7 heteroatoms. The Labute approximate surface area is 122 Å². The fraction of sp³-hybridized carbons (Fsp3) is 0.500. The summed E-state index contributed by atoms with van der Waals surface area (Å²) in [4.78, 5) is 12.3. The normalized spacial score (nSPS) is 18.3. The summed E-state index contributed by atoms with van der Waals surface area (Å²) >= 11 is 0. The molecule has 112 valence electrons. The molecule has 1 aromatic carbocycles. The Hall–Kier alpha value is -2.17. The molecular formula is C14H17N3O4. The van der Waals surface area contributed by atoms with Gasteiger partial charge in [0.25, 0.3) is 5.69 Å². The summed E-state index contributed by atoms with van der Waals surface area (Å²) in [5.74, 6) is 0. The van der Waals surface area contributed by atoms with E-state index in [0.29, 0.717) is 24.4 Å². The van der Waals surface area contributed by atoms with Gasteiger partial charge in [0.05, 0.1) is 35.5 Å². The molecule has 0 amide bonds. The predicted molar refractivity (Wildman–Crippen MR) is 76.1 cm³/mol. The van der Waals surface area contributed by atoms with Crippen LogP contribution < -0.4 is 4.90 Å². The Kier molecular flexibility index (Phi) is 5.09. The van der Waals surface area contributed by atoms with E-state index < -0.39 is 4.92 Å². The Morgan fingerprint density at radius 2 is 2.38 bits per heavy atom. The van der Waals surface area contributed by atoms with Crippen LogP contribution in [0.1, 0.15) is 18.4 Å². The molecule has 0 bridgehead atoms. The number of benzene rings is 1. The van der Waals surface area contributed by atoms with Crippen molar-refractivity contribution in [1.29, 1.82) is 5.26 Å². The number of hydrogen-bond acceptors (Lipinski definition) is 6. The first-order valence-electron chi connectivity index (χ1n) is 6.81. The van der Waals surface area contributed by atoms with Crippen molar-refractivity contribution in [1.82, 2.24) is 0 Å². The molecule has 1 aromatic rings. The second-order valence-electron chi connectivity index (χ2n) is 4.88. The van der Waals surface area contributed by atoms with Crippen molar-refractivity contribution in [3.05, 3.63) is 33.9 Å². The van der Waals surface area contributed by atoms with Gasteiger partial charge in [-0.15, -0.1) is 0 Å². The number of nitrogens with zero attached hydrogens (tertiary/aromatic N) is 3. The third-order valence-electron chi connectivity index (χ3n) is 3.48. The average molecular weight is 291 g/mol. The lowest BCUT2D eigenvalue weighted by Gasteiger charge is -2.34. The number of nitro benzene ring substituents is 1. The minimum atomic E-state index is -0.506. The van der Waals surface area contributed by atoms with E-state index in [1.54, 1.807) is 6.07 Å². The van der Waals surface area contributed by atoms with Gasteiger partial charge < -0.3 is 14.7 Å². The zero-order chi connectivity index (χ0) is 15.2. The average Bonchev–Trinajstić information content (AvgIpc) is 2.52. The topological polar surface area (TPSA) is 99.6 Å². The lowest BCUT2D eigenvalue weighted by atomic mass is 10.0. The van der Waals surface area contributed by atoms with Gasteiger partial charge in [-0.2, -0.15) is 5.26 Å². The summed E-state index contributed by atoms with van der Waals surface area (Å²) in [6, 6.07) is 6.35. The van der Waals surface area contributed by atoms with Gasteiger partial charge in [-0.1, -0.05) is 0 Å². The van der Waals surface area contributed by atoms with Crippen LogP contribution in [0.15, 0.2) is 18.2 Å². The molecule has 7 nitrogen and oxygen atoms in total. The maximum Gasteiger partial charge on any atom is 0.270 e. The molecule has 1 aliphatic rings. The summed E-state index contributed by atoms with van der Waals surface area (Å²) in [5.41, 5.74) is 0.910. The molecule has 21 heavy (non-hydrogen) atoms. The number of rotatable bonds is 5. The van der Waals surface area contributed by atoms with Crippen molar-refractivity contribution in [2.45, 2.75) is 18.9 Å². The molecule has 1 unspecified atom stereocenters. The fourth-order valence-corrected chi connectivity index (χ4v) is 2.52. The SMILES string of the molecule is N#Cc1cc([N+](=O)[O-])ccc1N1CCCC(OCCO)C1. The summed E-state index contributed by atoms with van der Waals surface area (Å²) in [6.45, 7) is 1.68. The molecule has 1 atom stereocenters. The number of non-ortho nitro benzene ring substituents is 1. The number of nitriles is 1. The lowest BCUT2D eigenvalue weighted by Crippen LogP contribution is -2.40. The van der Waals surface area contributed by atoms with E-state index in [1.807, 2.05) is 11.0 Å². The first-order chi connectivity index (χ1) is 10.2. The monoisotopic (exact) mass is 291 g/mol. The smallest absolute Gasteiger partial charge is 0.270 e. The first-order valence-corrected chi connectivity index (χ1v) is 6.81. The second-order valence-corrected chi connectivity index (χ2v) is 4.88. The van der Waals surface area contributed by atoms with Gasteiger partial charge in [-0.3, -0.25) is 10.1 Å². The zero-order valence-electron chi connectivity index (χ0n) is 11.6. The maximum atomic E-state index is 10.8. The van der Waals surface area contributed by atoms with Crippen LogP contribution in [0.25, 0.3) is 0 Å². The van der Waals surface area contributed by atoms with Crippen LogP contribution >= 0.6 is 0 Å². The van der Waals surface area contributed by atoms with E-state index in [4.69, 9.17) is 9.84 Å².